The fourth-order valence-corrected chi connectivity index (χ4v) is 2.47. The summed E-state index contributed by atoms with van der Waals surface area (Å²) in [6, 6.07) is 0. The molecule has 0 N–H and O–H groups in total. The highest BCUT2D eigenvalue weighted by atomic mass is 15.1. The van der Waals surface area contributed by atoms with E-state index in [1.807, 2.05) is 0 Å². The van der Waals surface area contributed by atoms with Gasteiger partial charge < -0.3 is 4.90 Å². The largest absolute Gasteiger partial charge is 0.306 e. The average Bonchev–Trinajstić information content (AvgIpc) is 2.22. The molecule has 2 atom stereocenters. The first-order chi connectivity index (χ1) is 4.36. The van der Waals surface area contributed by atoms with Gasteiger partial charge in [-0.3, -0.25) is 0 Å². The summed E-state index contributed by atoms with van der Waals surface area (Å²) < 4.78 is 0. The van der Waals surface area contributed by atoms with Crippen molar-refractivity contribution < 1.29 is 0 Å². The van der Waals surface area contributed by atoms with E-state index in [4.69, 9.17) is 0 Å². The highest BCUT2D eigenvalue weighted by Gasteiger charge is 2.33. The van der Waals surface area contributed by atoms with Gasteiger partial charge in [-0.25, -0.2) is 0 Å². The molecule has 1 heterocycles. The summed E-state index contributed by atoms with van der Waals surface area (Å²) in [5.74, 6) is 2.16. The van der Waals surface area contributed by atoms with Gasteiger partial charge in [-0.05, 0) is 31.7 Å². The van der Waals surface area contributed by atoms with Gasteiger partial charge in [-0.15, -0.1) is 0 Å². The van der Waals surface area contributed by atoms with Crippen LogP contribution < -0.4 is 0 Å². The number of likely N-dealkylation sites (tertiary alicyclic amines) is 1. The summed E-state index contributed by atoms with van der Waals surface area (Å²) in [6.07, 6.45) is 4.52. The molecular weight excluding hydrogens is 110 g/mol. The molecule has 1 saturated heterocycles. The van der Waals surface area contributed by atoms with Gasteiger partial charge in [0, 0.05) is 13.1 Å². The molecule has 1 heteroatoms. The van der Waals surface area contributed by atoms with Gasteiger partial charge in [0.15, 0.2) is 0 Å². The molecule has 1 nitrogen and oxygen atoms in total. The van der Waals surface area contributed by atoms with Crippen molar-refractivity contribution in [3.8, 4) is 0 Å². The van der Waals surface area contributed by atoms with Gasteiger partial charge in [-0.2, -0.15) is 0 Å². The first-order valence-electron chi connectivity index (χ1n) is 4.05. The van der Waals surface area contributed by atoms with Crippen LogP contribution >= 0.6 is 0 Å². The van der Waals surface area contributed by atoms with Crippen molar-refractivity contribution in [1.82, 2.24) is 4.90 Å². The second kappa shape index (κ2) is 1.98. The number of fused-ring (bicyclic) bond motifs is 1. The highest BCUT2D eigenvalue weighted by Crippen LogP contribution is 2.36. The van der Waals surface area contributed by atoms with Crippen LogP contribution in [0.1, 0.15) is 19.3 Å². The van der Waals surface area contributed by atoms with Crippen LogP contribution in [-0.2, 0) is 0 Å². The van der Waals surface area contributed by atoms with E-state index in [0.29, 0.717) is 0 Å². The molecule has 0 aromatic carbocycles. The maximum absolute atomic E-state index is 2.48. The Morgan fingerprint density at radius 2 is 1.67 bits per heavy atom. The van der Waals surface area contributed by atoms with E-state index in [0.717, 1.165) is 11.8 Å². The molecule has 9 heavy (non-hydrogen) atoms. The van der Waals surface area contributed by atoms with Gasteiger partial charge in [0.05, 0.1) is 0 Å². The molecule has 2 aliphatic rings. The van der Waals surface area contributed by atoms with E-state index in [1.54, 1.807) is 0 Å². The van der Waals surface area contributed by atoms with Crippen molar-refractivity contribution in [3.05, 3.63) is 0 Å². The van der Waals surface area contributed by atoms with E-state index in [-0.39, 0.29) is 0 Å². The zero-order valence-corrected chi connectivity index (χ0v) is 6.14. The lowest BCUT2D eigenvalue weighted by Crippen LogP contribution is -2.14. The van der Waals surface area contributed by atoms with Crippen LogP contribution in [0, 0.1) is 11.8 Å². The van der Waals surface area contributed by atoms with Crippen molar-refractivity contribution in [2.45, 2.75) is 19.3 Å². The van der Waals surface area contributed by atoms with Gasteiger partial charge in [-0.1, -0.05) is 6.42 Å². The molecule has 0 aromatic rings. The zero-order chi connectivity index (χ0) is 6.27. The van der Waals surface area contributed by atoms with Crippen LogP contribution in [-0.4, -0.2) is 25.0 Å². The molecule has 0 aromatic heterocycles. The number of rotatable bonds is 0. The fourth-order valence-electron chi connectivity index (χ4n) is 2.47. The van der Waals surface area contributed by atoms with E-state index in [1.165, 1.54) is 32.4 Å². The topological polar surface area (TPSA) is 3.24 Å². The Kier molecular flexibility index (Phi) is 1.26. The minimum atomic E-state index is 1.08. The van der Waals surface area contributed by atoms with Crippen molar-refractivity contribution in [2.24, 2.45) is 11.8 Å². The second-order valence-corrected chi connectivity index (χ2v) is 3.67. The fraction of sp³-hybridized carbons (Fsp3) is 1.00. The molecule has 1 aliphatic carbocycles. The average molecular weight is 125 g/mol. The predicted molar refractivity (Wildman–Crippen MR) is 38.3 cm³/mol. The number of hydrogen-bond acceptors (Lipinski definition) is 1. The molecule has 0 spiro atoms. The smallest absolute Gasteiger partial charge is 0.000985 e. The Bertz CT molecular complexity index is 99.1. The van der Waals surface area contributed by atoms with Crippen molar-refractivity contribution in [2.75, 3.05) is 20.1 Å². The third-order valence-corrected chi connectivity index (χ3v) is 2.91. The Hall–Kier alpha value is -0.0400. The van der Waals surface area contributed by atoms with Crippen molar-refractivity contribution >= 4 is 0 Å². The summed E-state index contributed by atoms with van der Waals surface area (Å²) in [6.45, 7) is 2.76. The van der Waals surface area contributed by atoms with Gasteiger partial charge in [0.2, 0.25) is 0 Å². The Morgan fingerprint density at radius 3 is 2.22 bits per heavy atom. The van der Waals surface area contributed by atoms with Crippen LogP contribution in [0.15, 0.2) is 0 Å². The van der Waals surface area contributed by atoms with Crippen LogP contribution in [0.4, 0.5) is 0 Å². The molecule has 2 rings (SSSR count). The highest BCUT2D eigenvalue weighted by molar-refractivity contribution is 4.86. The van der Waals surface area contributed by atoms with Crippen LogP contribution in [0.3, 0.4) is 0 Å². The lowest BCUT2D eigenvalue weighted by molar-refractivity contribution is 0.379. The maximum Gasteiger partial charge on any atom is 0.000985 e. The zero-order valence-electron chi connectivity index (χ0n) is 6.14. The lowest BCUT2D eigenvalue weighted by Gasteiger charge is -2.06. The lowest BCUT2D eigenvalue weighted by atomic mass is 10.0. The summed E-state index contributed by atoms with van der Waals surface area (Å²) in [5.41, 5.74) is 0. The first-order valence-corrected chi connectivity index (χ1v) is 4.05. The van der Waals surface area contributed by atoms with Gasteiger partial charge >= 0.3 is 0 Å². The normalized spacial score (nSPS) is 43.7. The third kappa shape index (κ3) is 0.877. The number of hydrogen-bond donors (Lipinski definition) is 0. The second-order valence-electron chi connectivity index (χ2n) is 3.67. The minimum absolute atomic E-state index is 1.08. The summed E-state index contributed by atoms with van der Waals surface area (Å²) in [5, 5.41) is 0. The Labute approximate surface area is 57.0 Å². The monoisotopic (exact) mass is 125 g/mol. The van der Waals surface area contributed by atoms with Crippen molar-refractivity contribution in [3.63, 3.8) is 0 Å². The van der Waals surface area contributed by atoms with Gasteiger partial charge in [0.25, 0.3) is 0 Å². The van der Waals surface area contributed by atoms with Crippen LogP contribution in [0.2, 0.25) is 0 Å². The number of nitrogens with zero attached hydrogens (tertiary/aromatic N) is 1. The Balaban J connectivity index is 2.02. The van der Waals surface area contributed by atoms with E-state index in [2.05, 4.69) is 11.9 Å². The molecular formula is C8H15N. The quantitative estimate of drug-likeness (QED) is 0.472. The molecule has 0 bridgehead atoms. The maximum atomic E-state index is 2.48. The molecule has 0 amide bonds. The van der Waals surface area contributed by atoms with Crippen LogP contribution in [0.25, 0.3) is 0 Å². The predicted octanol–water partition coefficient (Wildman–Crippen LogP) is 1.35. The standard InChI is InChI=1S/C8H15N/c1-9-5-7-3-2-4-8(7)6-9/h7-8H,2-6H2,1H3. The SMILES string of the molecule is CN1CC2CCCC2C1. The summed E-state index contributed by atoms with van der Waals surface area (Å²) in [7, 11) is 2.25. The summed E-state index contributed by atoms with van der Waals surface area (Å²) in [4.78, 5) is 2.48. The molecule has 1 saturated carbocycles. The molecule has 1 aliphatic heterocycles. The van der Waals surface area contributed by atoms with E-state index >= 15 is 0 Å². The Morgan fingerprint density at radius 1 is 1.11 bits per heavy atom. The molecule has 52 valence electrons. The van der Waals surface area contributed by atoms with Crippen LogP contribution in [0.5, 0.6) is 0 Å². The minimum Gasteiger partial charge on any atom is -0.306 e. The first kappa shape index (κ1) is 5.72. The van der Waals surface area contributed by atoms with E-state index < -0.39 is 0 Å². The third-order valence-electron chi connectivity index (χ3n) is 2.91. The summed E-state index contributed by atoms with van der Waals surface area (Å²) >= 11 is 0. The molecule has 0 radical (unpaired) electrons. The van der Waals surface area contributed by atoms with E-state index in [9.17, 15) is 0 Å². The van der Waals surface area contributed by atoms with Crippen molar-refractivity contribution in [1.29, 1.82) is 0 Å². The molecule has 2 unspecified atom stereocenters. The van der Waals surface area contributed by atoms with Gasteiger partial charge in [0.1, 0.15) is 0 Å². The molecule has 2 fully saturated rings.